The average molecular weight is 312 g/mol. The zero-order valence-corrected chi connectivity index (χ0v) is 12.0. The molecule has 0 saturated heterocycles. The van der Waals surface area contributed by atoms with E-state index < -0.39 is 6.04 Å². The maximum absolute atomic E-state index is 9.26. The van der Waals surface area contributed by atoms with E-state index in [1.54, 1.807) is 30.3 Å². The van der Waals surface area contributed by atoms with Crippen LogP contribution in [-0.4, -0.2) is 0 Å². The lowest BCUT2D eigenvalue weighted by Gasteiger charge is -2.14. The molecule has 0 aliphatic carbocycles. The van der Waals surface area contributed by atoms with E-state index in [0.29, 0.717) is 20.6 Å². The minimum Gasteiger partial charge on any atom is -0.366 e. The first kappa shape index (κ1) is 14.0. The number of nitrogens with one attached hydrogen (secondary N) is 1. The Morgan fingerprint density at radius 3 is 2.21 bits per heavy atom. The highest BCUT2D eigenvalue weighted by Crippen LogP contribution is 2.26. The fraction of sp³-hybridized carbons (Fsp3) is 0.0714. The number of nitriles is 1. The van der Waals surface area contributed by atoms with Crippen molar-refractivity contribution in [1.29, 1.82) is 5.26 Å². The van der Waals surface area contributed by atoms with Crippen LogP contribution in [0.4, 0.5) is 5.69 Å². The Morgan fingerprint density at radius 2 is 1.63 bits per heavy atom. The van der Waals surface area contributed by atoms with Crippen LogP contribution in [-0.2, 0) is 0 Å². The fourth-order valence-electron chi connectivity index (χ4n) is 1.68. The third-order valence-corrected chi connectivity index (χ3v) is 3.15. The van der Waals surface area contributed by atoms with Gasteiger partial charge in [0.2, 0.25) is 0 Å². The van der Waals surface area contributed by atoms with Gasteiger partial charge in [0.05, 0.1) is 6.07 Å². The second-order valence-electron chi connectivity index (χ2n) is 3.92. The maximum atomic E-state index is 9.26. The van der Waals surface area contributed by atoms with Gasteiger partial charge in [0.15, 0.2) is 0 Å². The van der Waals surface area contributed by atoms with Gasteiger partial charge < -0.3 is 5.32 Å². The summed E-state index contributed by atoms with van der Waals surface area (Å²) in [6, 6.07) is 13.8. The second kappa shape index (κ2) is 6.16. The van der Waals surface area contributed by atoms with Gasteiger partial charge >= 0.3 is 0 Å². The van der Waals surface area contributed by atoms with Crippen molar-refractivity contribution in [3.63, 3.8) is 0 Å². The van der Waals surface area contributed by atoms with Gasteiger partial charge in [-0.15, -0.1) is 0 Å². The van der Waals surface area contributed by atoms with Crippen LogP contribution >= 0.6 is 34.8 Å². The summed E-state index contributed by atoms with van der Waals surface area (Å²) in [7, 11) is 0. The molecule has 0 bridgehead atoms. The van der Waals surface area contributed by atoms with Crippen molar-refractivity contribution in [2.45, 2.75) is 6.04 Å². The van der Waals surface area contributed by atoms with Gasteiger partial charge in [-0.25, -0.2) is 0 Å². The Bertz CT molecular complexity index is 615. The highest BCUT2D eigenvalue weighted by molar-refractivity contribution is 6.34. The Morgan fingerprint density at radius 1 is 0.947 bits per heavy atom. The van der Waals surface area contributed by atoms with Crippen molar-refractivity contribution < 1.29 is 0 Å². The molecule has 19 heavy (non-hydrogen) atoms. The van der Waals surface area contributed by atoms with E-state index in [0.717, 1.165) is 5.69 Å². The van der Waals surface area contributed by atoms with E-state index in [1.165, 1.54) is 0 Å². The molecule has 0 heterocycles. The van der Waals surface area contributed by atoms with E-state index in [4.69, 9.17) is 34.8 Å². The molecule has 2 aromatic carbocycles. The molecule has 0 aliphatic rings. The van der Waals surface area contributed by atoms with Crippen LogP contribution in [0.25, 0.3) is 0 Å². The van der Waals surface area contributed by atoms with Crippen LogP contribution in [0.1, 0.15) is 11.6 Å². The molecule has 0 radical (unpaired) electrons. The van der Waals surface area contributed by atoms with Gasteiger partial charge in [0, 0.05) is 20.8 Å². The largest absolute Gasteiger partial charge is 0.366 e. The van der Waals surface area contributed by atoms with Crippen molar-refractivity contribution in [3.05, 3.63) is 63.1 Å². The maximum Gasteiger partial charge on any atom is 0.140 e. The topological polar surface area (TPSA) is 35.8 Å². The predicted molar refractivity (Wildman–Crippen MR) is 79.9 cm³/mol. The molecular weight excluding hydrogens is 303 g/mol. The first-order valence-electron chi connectivity index (χ1n) is 5.46. The Hall–Kier alpha value is -1.40. The molecule has 1 atom stereocenters. The lowest BCUT2D eigenvalue weighted by atomic mass is 10.1. The first-order valence-corrected chi connectivity index (χ1v) is 6.59. The third-order valence-electron chi connectivity index (χ3n) is 2.48. The minimum atomic E-state index is -0.547. The summed E-state index contributed by atoms with van der Waals surface area (Å²) in [4.78, 5) is 0. The Labute approximate surface area is 126 Å². The third kappa shape index (κ3) is 3.78. The van der Waals surface area contributed by atoms with Crippen LogP contribution in [0.15, 0.2) is 42.5 Å². The standard InChI is InChI=1S/C14H9Cl3N2/c15-10-2-1-3-13(7-10)19-14(8-18)9-4-11(16)6-12(17)5-9/h1-7,14,19H. The molecule has 0 fully saturated rings. The molecule has 1 unspecified atom stereocenters. The molecule has 0 amide bonds. The van der Waals surface area contributed by atoms with Crippen molar-refractivity contribution in [2.75, 3.05) is 5.32 Å². The highest BCUT2D eigenvalue weighted by atomic mass is 35.5. The fourth-order valence-corrected chi connectivity index (χ4v) is 2.41. The van der Waals surface area contributed by atoms with E-state index in [2.05, 4.69) is 11.4 Å². The molecule has 0 aliphatic heterocycles. The van der Waals surface area contributed by atoms with Gasteiger partial charge in [0.25, 0.3) is 0 Å². The van der Waals surface area contributed by atoms with Crippen LogP contribution < -0.4 is 5.32 Å². The number of rotatable bonds is 3. The van der Waals surface area contributed by atoms with Gasteiger partial charge in [-0.2, -0.15) is 5.26 Å². The van der Waals surface area contributed by atoms with Crippen molar-refractivity contribution in [1.82, 2.24) is 0 Å². The SMILES string of the molecule is N#CC(Nc1cccc(Cl)c1)c1cc(Cl)cc(Cl)c1. The normalized spacial score (nSPS) is 11.7. The summed E-state index contributed by atoms with van der Waals surface area (Å²) in [6.45, 7) is 0. The molecule has 1 N–H and O–H groups in total. The summed E-state index contributed by atoms with van der Waals surface area (Å²) in [5, 5.41) is 13.9. The van der Waals surface area contributed by atoms with Crippen LogP contribution in [0.5, 0.6) is 0 Å². The highest BCUT2D eigenvalue weighted by Gasteiger charge is 2.12. The van der Waals surface area contributed by atoms with E-state index >= 15 is 0 Å². The summed E-state index contributed by atoms with van der Waals surface area (Å²) in [5.41, 5.74) is 1.47. The molecule has 96 valence electrons. The molecular formula is C14H9Cl3N2. The van der Waals surface area contributed by atoms with Crippen molar-refractivity contribution in [2.24, 2.45) is 0 Å². The number of anilines is 1. The monoisotopic (exact) mass is 310 g/mol. The number of benzene rings is 2. The van der Waals surface area contributed by atoms with E-state index in [-0.39, 0.29) is 0 Å². The zero-order chi connectivity index (χ0) is 13.8. The van der Waals surface area contributed by atoms with Crippen LogP contribution in [0, 0.1) is 11.3 Å². The predicted octanol–water partition coefficient (Wildman–Crippen LogP) is 5.32. The summed E-state index contributed by atoms with van der Waals surface area (Å²) in [5.74, 6) is 0. The lowest BCUT2D eigenvalue weighted by molar-refractivity contribution is 0.998. The van der Waals surface area contributed by atoms with Crippen LogP contribution in [0.2, 0.25) is 15.1 Å². The first-order chi connectivity index (χ1) is 9.08. The molecule has 0 aromatic heterocycles. The number of hydrogen-bond donors (Lipinski definition) is 1. The minimum absolute atomic E-state index is 0.496. The molecule has 0 spiro atoms. The molecule has 2 nitrogen and oxygen atoms in total. The quantitative estimate of drug-likeness (QED) is 0.832. The van der Waals surface area contributed by atoms with Gasteiger partial charge in [-0.05, 0) is 42.0 Å². The second-order valence-corrected chi connectivity index (χ2v) is 5.23. The van der Waals surface area contributed by atoms with Gasteiger partial charge in [-0.1, -0.05) is 40.9 Å². The molecule has 0 saturated carbocycles. The summed E-state index contributed by atoms with van der Waals surface area (Å²) < 4.78 is 0. The summed E-state index contributed by atoms with van der Waals surface area (Å²) in [6.07, 6.45) is 0. The average Bonchev–Trinajstić information content (AvgIpc) is 2.34. The smallest absolute Gasteiger partial charge is 0.140 e. The molecule has 2 aromatic rings. The number of hydrogen-bond acceptors (Lipinski definition) is 2. The van der Waals surface area contributed by atoms with Gasteiger partial charge in [-0.3, -0.25) is 0 Å². The van der Waals surface area contributed by atoms with Crippen molar-refractivity contribution >= 4 is 40.5 Å². The molecule has 5 heteroatoms. The van der Waals surface area contributed by atoms with Gasteiger partial charge in [0.1, 0.15) is 6.04 Å². The zero-order valence-electron chi connectivity index (χ0n) is 9.70. The number of nitrogens with zero attached hydrogens (tertiary/aromatic N) is 1. The molecule has 2 rings (SSSR count). The Balaban J connectivity index is 2.28. The lowest BCUT2D eigenvalue weighted by Crippen LogP contribution is -2.08. The summed E-state index contributed by atoms with van der Waals surface area (Å²) >= 11 is 17.8. The number of halogens is 3. The van der Waals surface area contributed by atoms with E-state index in [1.807, 2.05) is 12.1 Å². The van der Waals surface area contributed by atoms with Crippen molar-refractivity contribution in [3.8, 4) is 6.07 Å². The van der Waals surface area contributed by atoms with Crippen LogP contribution in [0.3, 0.4) is 0 Å². The Kier molecular flexibility index (Phi) is 4.55. The van der Waals surface area contributed by atoms with E-state index in [9.17, 15) is 5.26 Å².